The third kappa shape index (κ3) is 8.83. The number of hydrogen-bond acceptors (Lipinski definition) is 0. The summed E-state index contributed by atoms with van der Waals surface area (Å²) < 4.78 is 0. The van der Waals surface area contributed by atoms with E-state index < -0.39 is 0 Å². The molecule has 0 amide bonds. The van der Waals surface area contributed by atoms with Crippen LogP contribution in [0, 0.1) is 0 Å². The molecule has 0 aromatic carbocycles. The summed E-state index contributed by atoms with van der Waals surface area (Å²) in [6.45, 7) is 0. The van der Waals surface area contributed by atoms with Gasteiger partial charge >= 0.3 is 0 Å². The van der Waals surface area contributed by atoms with Crippen LogP contribution in [0.2, 0.25) is 0 Å². The molecule has 0 heterocycles. The molecule has 2 unspecified atom stereocenters. The van der Waals surface area contributed by atoms with E-state index in [1.165, 1.54) is 0 Å². The van der Waals surface area contributed by atoms with Crippen molar-refractivity contribution in [1.82, 2.24) is 0 Å². The van der Waals surface area contributed by atoms with Crippen LogP contribution in [0.15, 0.2) is 0 Å². The predicted molar refractivity (Wildman–Crippen MR) is 27.7 cm³/mol. The van der Waals surface area contributed by atoms with Crippen LogP contribution in [0.1, 0.15) is 0 Å². The molecule has 0 aliphatic rings. The van der Waals surface area contributed by atoms with Gasteiger partial charge in [0.15, 0.2) is 0 Å². The Labute approximate surface area is 58.1 Å². The van der Waals surface area contributed by atoms with E-state index in [4.69, 9.17) is 0 Å². The van der Waals surface area contributed by atoms with Crippen molar-refractivity contribution < 1.29 is 32.7 Å². The SMILES string of the molecule is PPP.[Y]. The van der Waals surface area contributed by atoms with E-state index in [9.17, 15) is 0 Å². The average Bonchev–Trinajstić information content (AvgIpc) is 0.918. The summed E-state index contributed by atoms with van der Waals surface area (Å²) in [6, 6.07) is 0. The number of rotatable bonds is 0. The smallest absolute Gasteiger partial charge is 0 e. The summed E-state index contributed by atoms with van der Waals surface area (Å²) in [5, 5.41) is 0. The zero-order valence-corrected chi connectivity index (χ0v) is 8.38. The van der Waals surface area contributed by atoms with Gasteiger partial charge in [0.25, 0.3) is 0 Å². The minimum absolute atomic E-state index is 0. The van der Waals surface area contributed by atoms with Crippen LogP contribution in [0.25, 0.3) is 0 Å². The Bertz CT molecular complexity index is 3.25. The summed E-state index contributed by atoms with van der Waals surface area (Å²) in [4.78, 5) is 0. The van der Waals surface area contributed by atoms with Crippen LogP contribution in [-0.2, 0) is 32.7 Å². The summed E-state index contributed by atoms with van der Waals surface area (Å²) >= 11 is 0. The van der Waals surface area contributed by atoms with Gasteiger partial charge in [-0.1, -0.05) is 7.96 Å². The molecule has 0 aromatic rings. The third-order valence-electron chi connectivity index (χ3n) is 0. The Hall–Kier alpha value is 2.39. The Balaban J connectivity index is 0. The van der Waals surface area contributed by atoms with E-state index in [2.05, 4.69) is 17.9 Å². The van der Waals surface area contributed by atoms with Crippen LogP contribution in [0.3, 0.4) is 0 Å². The monoisotopic (exact) mass is 187 g/mol. The summed E-state index contributed by atoms with van der Waals surface area (Å²) in [6.07, 6.45) is 0. The van der Waals surface area contributed by atoms with E-state index in [1.54, 1.807) is 0 Å². The van der Waals surface area contributed by atoms with Crippen molar-refractivity contribution in [2.45, 2.75) is 0 Å². The van der Waals surface area contributed by atoms with E-state index >= 15 is 0 Å². The molecule has 4 heteroatoms. The van der Waals surface area contributed by atoms with Crippen molar-refractivity contribution in [2.24, 2.45) is 0 Å². The first-order valence-electron chi connectivity index (χ1n) is 0.577. The first kappa shape index (κ1) is 9.64. The molecule has 0 saturated heterocycles. The Morgan fingerprint density at radius 2 is 1.25 bits per heavy atom. The summed E-state index contributed by atoms with van der Waals surface area (Å²) in [5.74, 6) is 0. The standard InChI is InChI=1S/H5P3.Y/c1-3-2;/h3H,1-2H2;. The molecule has 0 fully saturated rings. The molecular formula is H5P3Y. The van der Waals surface area contributed by atoms with Crippen LogP contribution < -0.4 is 0 Å². The average molecular weight is 187 g/mol. The fraction of sp³-hybridized carbons (Fsp3) is 0. The molecule has 1 radical (unpaired) electrons. The quantitative estimate of drug-likeness (QED) is 0.500. The second kappa shape index (κ2) is 9.04. The van der Waals surface area contributed by atoms with Gasteiger partial charge < -0.3 is 0 Å². The minimum Gasteiger partial charge on any atom is -0.110 e. The summed E-state index contributed by atoms with van der Waals surface area (Å²) in [5.41, 5.74) is 0. The molecule has 0 rings (SSSR count). The normalized spacial score (nSPS) is 4.50. The van der Waals surface area contributed by atoms with Crippen LogP contribution in [-0.4, -0.2) is 0 Å². The van der Waals surface area contributed by atoms with Crippen molar-refractivity contribution >= 4 is 25.8 Å². The van der Waals surface area contributed by atoms with Gasteiger partial charge in [-0.3, -0.25) is 0 Å². The van der Waals surface area contributed by atoms with Gasteiger partial charge in [-0.05, 0) is 0 Å². The maximum Gasteiger partial charge on any atom is 0 e. The van der Waals surface area contributed by atoms with Gasteiger partial charge in [0.1, 0.15) is 0 Å². The van der Waals surface area contributed by atoms with E-state index in [0.29, 0.717) is 0 Å². The molecule has 0 nitrogen and oxygen atoms in total. The molecule has 0 N–H and O–H groups in total. The zero-order chi connectivity index (χ0) is 2.71. The van der Waals surface area contributed by atoms with Crippen molar-refractivity contribution in [3.63, 3.8) is 0 Å². The van der Waals surface area contributed by atoms with Gasteiger partial charge in [0.2, 0.25) is 0 Å². The van der Waals surface area contributed by atoms with Gasteiger partial charge in [-0.15, -0.1) is 17.9 Å². The molecule has 0 aliphatic heterocycles. The molecule has 4 heavy (non-hydrogen) atoms. The molecule has 23 valence electrons. The first-order valence-corrected chi connectivity index (χ1v) is 5.20. The topological polar surface area (TPSA) is 0 Å². The zero-order valence-electron chi connectivity index (χ0n) is 2.23. The fourth-order valence-corrected chi connectivity index (χ4v) is 0. The van der Waals surface area contributed by atoms with Gasteiger partial charge in [0, 0.05) is 32.7 Å². The second-order valence-electron chi connectivity index (χ2n) is 0.167. The maximum absolute atomic E-state index is 2.57. The van der Waals surface area contributed by atoms with Crippen LogP contribution in [0.5, 0.6) is 0 Å². The molecule has 0 spiro atoms. The maximum atomic E-state index is 2.57. The summed E-state index contributed by atoms with van der Waals surface area (Å²) in [7, 11) is 6.06. The molecule has 0 bridgehead atoms. The molecule has 0 saturated carbocycles. The predicted octanol–water partition coefficient (Wildman–Crippen LogP) is 1.24. The van der Waals surface area contributed by atoms with Crippen molar-refractivity contribution in [2.75, 3.05) is 0 Å². The minimum atomic E-state index is 0. The molecule has 0 aromatic heterocycles. The van der Waals surface area contributed by atoms with E-state index in [-0.39, 0.29) is 32.7 Å². The van der Waals surface area contributed by atoms with E-state index in [0.717, 1.165) is 7.96 Å². The van der Waals surface area contributed by atoms with Gasteiger partial charge in [-0.25, -0.2) is 0 Å². The van der Waals surface area contributed by atoms with E-state index in [1.807, 2.05) is 0 Å². The van der Waals surface area contributed by atoms with Crippen molar-refractivity contribution in [3.05, 3.63) is 0 Å². The number of hydrogen-bond donors (Lipinski definition) is 0. The van der Waals surface area contributed by atoms with Crippen molar-refractivity contribution in [1.29, 1.82) is 0 Å². The molecule has 0 aliphatic carbocycles. The Morgan fingerprint density at radius 1 is 1.25 bits per heavy atom. The fourth-order valence-electron chi connectivity index (χ4n) is 0. The third-order valence-corrected chi connectivity index (χ3v) is 0. The first-order chi connectivity index (χ1) is 1.41. The van der Waals surface area contributed by atoms with Crippen LogP contribution in [0.4, 0.5) is 0 Å². The van der Waals surface area contributed by atoms with Crippen molar-refractivity contribution in [3.8, 4) is 0 Å². The molecular weight excluding hydrogens is 182 g/mol. The largest absolute Gasteiger partial charge is 0.110 e. The second-order valence-corrected chi connectivity index (χ2v) is 4.50. The Morgan fingerprint density at radius 3 is 1.25 bits per heavy atom. The van der Waals surface area contributed by atoms with Crippen LogP contribution >= 0.6 is 25.8 Å². The van der Waals surface area contributed by atoms with Gasteiger partial charge in [-0.2, -0.15) is 0 Å². The Kier molecular flexibility index (Phi) is 21.8. The van der Waals surface area contributed by atoms with Gasteiger partial charge in [0.05, 0.1) is 0 Å². The molecule has 2 atom stereocenters.